The third-order valence-electron chi connectivity index (χ3n) is 3.64. The Labute approximate surface area is 135 Å². The minimum Gasteiger partial charge on any atom is -0.495 e. The van der Waals surface area contributed by atoms with Gasteiger partial charge in [-0.2, -0.15) is 0 Å². The standard InChI is InChI=1S/C14H18Br2N2O2/c1-14(4-3-5-17-8-14)13(19)18-11-7-12(20-2)10(16)6-9(11)15/h6-7,17H,3-5,8H2,1-2H3,(H,18,19). The lowest BCUT2D eigenvalue weighted by Gasteiger charge is -2.32. The van der Waals surface area contributed by atoms with Crippen molar-refractivity contribution in [3.8, 4) is 5.75 Å². The molecule has 0 bridgehead atoms. The number of hydrogen-bond acceptors (Lipinski definition) is 3. The number of hydrogen-bond donors (Lipinski definition) is 2. The largest absolute Gasteiger partial charge is 0.495 e. The van der Waals surface area contributed by atoms with E-state index in [0.717, 1.165) is 34.0 Å². The van der Waals surface area contributed by atoms with Gasteiger partial charge < -0.3 is 15.4 Å². The summed E-state index contributed by atoms with van der Waals surface area (Å²) < 4.78 is 6.93. The zero-order chi connectivity index (χ0) is 14.8. The minimum absolute atomic E-state index is 0.0368. The molecule has 1 heterocycles. The number of piperidine rings is 1. The highest BCUT2D eigenvalue weighted by molar-refractivity contribution is 9.11. The number of amides is 1. The molecule has 6 heteroatoms. The Kier molecular flexibility index (Phi) is 5.09. The van der Waals surface area contributed by atoms with Gasteiger partial charge in [-0.1, -0.05) is 0 Å². The van der Waals surface area contributed by atoms with Crippen LogP contribution in [0.3, 0.4) is 0 Å². The van der Waals surface area contributed by atoms with Crippen LogP contribution in [0.5, 0.6) is 5.75 Å². The van der Waals surface area contributed by atoms with Crippen LogP contribution in [0, 0.1) is 5.41 Å². The summed E-state index contributed by atoms with van der Waals surface area (Å²) in [6.07, 6.45) is 1.92. The monoisotopic (exact) mass is 404 g/mol. The number of methoxy groups -OCH3 is 1. The molecule has 20 heavy (non-hydrogen) atoms. The zero-order valence-corrected chi connectivity index (χ0v) is 14.7. The number of benzene rings is 1. The first-order valence-corrected chi connectivity index (χ1v) is 8.10. The van der Waals surface area contributed by atoms with Gasteiger partial charge in [-0.3, -0.25) is 4.79 Å². The van der Waals surface area contributed by atoms with Crippen molar-refractivity contribution in [3.05, 3.63) is 21.1 Å². The number of carbonyl (C=O) groups excluding carboxylic acids is 1. The molecule has 1 unspecified atom stereocenters. The SMILES string of the molecule is COc1cc(NC(=O)C2(C)CCCNC2)c(Br)cc1Br. The molecule has 1 atom stereocenters. The molecule has 2 N–H and O–H groups in total. The van der Waals surface area contributed by atoms with Crippen LogP contribution in [0.25, 0.3) is 0 Å². The van der Waals surface area contributed by atoms with Crippen molar-refractivity contribution in [2.45, 2.75) is 19.8 Å². The van der Waals surface area contributed by atoms with Crippen molar-refractivity contribution >= 4 is 43.5 Å². The van der Waals surface area contributed by atoms with Crippen molar-refractivity contribution in [2.24, 2.45) is 5.41 Å². The molecule has 1 saturated heterocycles. The molecule has 1 aliphatic heterocycles. The van der Waals surface area contributed by atoms with Crippen molar-refractivity contribution in [2.75, 3.05) is 25.5 Å². The summed E-state index contributed by atoms with van der Waals surface area (Å²) in [4.78, 5) is 12.5. The molecule has 0 aromatic heterocycles. The molecular weight excluding hydrogens is 388 g/mol. The zero-order valence-electron chi connectivity index (χ0n) is 11.6. The second-order valence-electron chi connectivity index (χ2n) is 5.26. The van der Waals surface area contributed by atoms with E-state index in [1.165, 1.54) is 0 Å². The number of nitrogens with one attached hydrogen (secondary N) is 2. The highest BCUT2D eigenvalue weighted by Gasteiger charge is 2.34. The van der Waals surface area contributed by atoms with Gasteiger partial charge in [0.1, 0.15) is 5.75 Å². The molecule has 2 rings (SSSR count). The van der Waals surface area contributed by atoms with Crippen molar-refractivity contribution < 1.29 is 9.53 Å². The highest BCUT2D eigenvalue weighted by atomic mass is 79.9. The average molecular weight is 406 g/mol. The number of rotatable bonds is 3. The van der Waals surface area contributed by atoms with Crippen LogP contribution in [0.2, 0.25) is 0 Å². The fourth-order valence-electron chi connectivity index (χ4n) is 2.30. The fourth-order valence-corrected chi connectivity index (χ4v) is 3.56. The van der Waals surface area contributed by atoms with Gasteiger partial charge in [0.05, 0.1) is 22.7 Å². The number of halogens is 2. The Morgan fingerprint density at radius 2 is 2.15 bits per heavy atom. The van der Waals surface area contributed by atoms with Crippen molar-refractivity contribution in [1.29, 1.82) is 0 Å². The normalized spacial score (nSPS) is 22.4. The molecule has 1 fully saturated rings. The second kappa shape index (κ2) is 6.45. The number of ether oxygens (including phenoxy) is 1. The summed E-state index contributed by atoms with van der Waals surface area (Å²) in [7, 11) is 1.60. The van der Waals surface area contributed by atoms with Crippen LogP contribution in [-0.2, 0) is 4.79 Å². The van der Waals surface area contributed by atoms with Crippen LogP contribution >= 0.6 is 31.9 Å². The van der Waals surface area contributed by atoms with Gasteiger partial charge in [0, 0.05) is 17.1 Å². The Balaban J connectivity index is 2.19. The average Bonchev–Trinajstić information content (AvgIpc) is 2.42. The lowest BCUT2D eigenvalue weighted by molar-refractivity contribution is -0.125. The van der Waals surface area contributed by atoms with Gasteiger partial charge in [-0.25, -0.2) is 0 Å². The van der Waals surface area contributed by atoms with Gasteiger partial charge in [0.2, 0.25) is 5.91 Å². The molecule has 0 aliphatic carbocycles. The van der Waals surface area contributed by atoms with Crippen LogP contribution < -0.4 is 15.4 Å². The highest BCUT2D eigenvalue weighted by Crippen LogP contribution is 2.36. The van der Waals surface area contributed by atoms with Crippen molar-refractivity contribution in [1.82, 2.24) is 5.32 Å². The van der Waals surface area contributed by atoms with E-state index in [-0.39, 0.29) is 11.3 Å². The van der Waals surface area contributed by atoms with Gasteiger partial charge in [-0.15, -0.1) is 0 Å². The maximum absolute atomic E-state index is 12.5. The third kappa shape index (κ3) is 3.35. The fraction of sp³-hybridized carbons (Fsp3) is 0.500. The van der Waals surface area contributed by atoms with E-state index in [1.807, 2.05) is 19.1 Å². The van der Waals surface area contributed by atoms with Gasteiger partial charge >= 0.3 is 0 Å². The van der Waals surface area contributed by atoms with E-state index in [4.69, 9.17) is 4.74 Å². The smallest absolute Gasteiger partial charge is 0.231 e. The van der Waals surface area contributed by atoms with Crippen LogP contribution in [0.4, 0.5) is 5.69 Å². The molecule has 110 valence electrons. The van der Waals surface area contributed by atoms with Crippen LogP contribution in [-0.4, -0.2) is 26.1 Å². The molecule has 1 aromatic carbocycles. The molecular formula is C14H18Br2N2O2. The van der Waals surface area contributed by atoms with Crippen molar-refractivity contribution in [3.63, 3.8) is 0 Å². The summed E-state index contributed by atoms with van der Waals surface area (Å²) in [6, 6.07) is 3.68. The number of carbonyl (C=O) groups is 1. The van der Waals surface area contributed by atoms with E-state index in [0.29, 0.717) is 12.3 Å². The predicted octanol–water partition coefficient (Wildman–Crippen LogP) is 3.55. The lowest BCUT2D eigenvalue weighted by atomic mass is 9.82. The molecule has 1 aromatic rings. The van der Waals surface area contributed by atoms with Gasteiger partial charge in [-0.05, 0) is 64.2 Å². The second-order valence-corrected chi connectivity index (χ2v) is 6.97. The van der Waals surface area contributed by atoms with E-state index < -0.39 is 0 Å². The Hall–Kier alpha value is -0.590. The Bertz CT molecular complexity index is 514. The Morgan fingerprint density at radius 1 is 1.40 bits per heavy atom. The summed E-state index contributed by atoms with van der Waals surface area (Å²) in [5, 5.41) is 6.28. The first-order valence-electron chi connectivity index (χ1n) is 6.51. The summed E-state index contributed by atoms with van der Waals surface area (Å²) >= 11 is 6.88. The Morgan fingerprint density at radius 3 is 2.75 bits per heavy atom. The third-order valence-corrected chi connectivity index (χ3v) is 4.91. The van der Waals surface area contributed by atoms with Crippen LogP contribution in [0.1, 0.15) is 19.8 Å². The van der Waals surface area contributed by atoms with E-state index >= 15 is 0 Å². The van der Waals surface area contributed by atoms with E-state index in [9.17, 15) is 4.79 Å². The lowest BCUT2D eigenvalue weighted by Crippen LogP contribution is -2.46. The quantitative estimate of drug-likeness (QED) is 0.808. The molecule has 1 aliphatic rings. The summed E-state index contributed by atoms with van der Waals surface area (Å²) in [6.45, 7) is 3.70. The molecule has 4 nitrogen and oxygen atoms in total. The maximum atomic E-state index is 12.5. The minimum atomic E-state index is -0.363. The summed E-state index contributed by atoms with van der Waals surface area (Å²) in [5.74, 6) is 0.727. The molecule has 1 amide bonds. The molecule has 0 saturated carbocycles. The van der Waals surface area contributed by atoms with Gasteiger partial charge in [0.25, 0.3) is 0 Å². The topological polar surface area (TPSA) is 50.4 Å². The van der Waals surface area contributed by atoms with Gasteiger partial charge in [0.15, 0.2) is 0 Å². The van der Waals surface area contributed by atoms with Crippen LogP contribution in [0.15, 0.2) is 21.1 Å². The maximum Gasteiger partial charge on any atom is 0.231 e. The molecule has 0 spiro atoms. The number of anilines is 1. The van der Waals surface area contributed by atoms with E-state index in [2.05, 4.69) is 42.5 Å². The predicted molar refractivity (Wildman–Crippen MR) is 87.2 cm³/mol. The first kappa shape index (κ1) is 15.8. The van der Waals surface area contributed by atoms with E-state index in [1.54, 1.807) is 7.11 Å². The molecule has 0 radical (unpaired) electrons. The first-order chi connectivity index (χ1) is 9.46. The summed E-state index contributed by atoms with van der Waals surface area (Å²) in [5.41, 5.74) is 0.361.